The van der Waals surface area contributed by atoms with Crippen molar-refractivity contribution in [2.75, 3.05) is 13.1 Å². The number of aryl methyl sites for hydroxylation is 1. The van der Waals surface area contributed by atoms with E-state index in [4.69, 9.17) is 11.6 Å². The van der Waals surface area contributed by atoms with Gasteiger partial charge in [0.2, 0.25) is 11.8 Å². The van der Waals surface area contributed by atoms with Gasteiger partial charge >= 0.3 is 0 Å². The van der Waals surface area contributed by atoms with Crippen LogP contribution in [-0.4, -0.2) is 37.0 Å². The SMILES string of the molecule is Cc1cc(Cl)ccc1C1(C(=O)NC(Cc2ccc(-c3ccccc3)cc2)C(=O)NC2CCCNC2)CC1. The zero-order valence-corrected chi connectivity index (χ0v) is 22.0. The second-order valence-electron chi connectivity index (χ2n) is 10.4. The van der Waals surface area contributed by atoms with Gasteiger partial charge in [-0.15, -0.1) is 0 Å². The van der Waals surface area contributed by atoms with Crippen LogP contribution in [0.5, 0.6) is 0 Å². The third-order valence-corrected chi connectivity index (χ3v) is 7.89. The Kier molecular flexibility index (Phi) is 7.63. The molecule has 37 heavy (non-hydrogen) atoms. The summed E-state index contributed by atoms with van der Waals surface area (Å²) in [5, 5.41) is 10.3. The zero-order valence-electron chi connectivity index (χ0n) is 21.2. The van der Waals surface area contributed by atoms with Gasteiger partial charge in [-0.2, -0.15) is 0 Å². The predicted octanol–water partition coefficient (Wildman–Crippen LogP) is 4.94. The number of nitrogens with one attached hydrogen (secondary N) is 3. The predicted molar refractivity (Wildman–Crippen MR) is 149 cm³/mol. The van der Waals surface area contributed by atoms with Gasteiger partial charge in [0.25, 0.3) is 0 Å². The maximum absolute atomic E-state index is 13.7. The van der Waals surface area contributed by atoms with Crippen molar-refractivity contribution in [1.29, 1.82) is 0 Å². The number of benzene rings is 3. The first kappa shape index (κ1) is 25.5. The average Bonchev–Trinajstić information content (AvgIpc) is 3.72. The summed E-state index contributed by atoms with van der Waals surface area (Å²) in [4.78, 5) is 27.1. The van der Waals surface area contributed by atoms with Crippen molar-refractivity contribution in [2.24, 2.45) is 0 Å². The fourth-order valence-corrected chi connectivity index (χ4v) is 5.62. The summed E-state index contributed by atoms with van der Waals surface area (Å²) in [6.45, 7) is 3.72. The molecule has 0 radical (unpaired) electrons. The maximum atomic E-state index is 13.7. The number of carbonyl (C=O) groups is 2. The quantitative estimate of drug-likeness (QED) is 0.398. The third-order valence-electron chi connectivity index (χ3n) is 7.65. The lowest BCUT2D eigenvalue weighted by molar-refractivity contribution is -0.130. The van der Waals surface area contributed by atoms with Crippen molar-refractivity contribution in [3.8, 4) is 11.1 Å². The molecule has 1 saturated carbocycles. The molecule has 1 heterocycles. The first-order valence-electron chi connectivity index (χ1n) is 13.2. The molecule has 0 spiro atoms. The molecule has 1 saturated heterocycles. The second-order valence-corrected chi connectivity index (χ2v) is 10.8. The van der Waals surface area contributed by atoms with E-state index in [2.05, 4.69) is 40.2 Å². The lowest BCUT2D eigenvalue weighted by atomic mass is 9.90. The number of piperidine rings is 1. The van der Waals surface area contributed by atoms with E-state index in [1.54, 1.807) is 0 Å². The molecular formula is C31H34ClN3O2. The van der Waals surface area contributed by atoms with Crippen LogP contribution in [0.4, 0.5) is 0 Å². The summed E-state index contributed by atoms with van der Waals surface area (Å²) in [6.07, 6.45) is 3.95. The van der Waals surface area contributed by atoms with Crippen LogP contribution in [0.2, 0.25) is 5.02 Å². The minimum absolute atomic E-state index is 0.0782. The molecule has 0 aromatic heterocycles. The average molecular weight is 516 g/mol. The van der Waals surface area contributed by atoms with Crippen LogP contribution in [0, 0.1) is 6.92 Å². The van der Waals surface area contributed by atoms with E-state index in [0.717, 1.165) is 66.6 Å². The molecule has 3 aromatic carbocycles. The van der Waals surface area contributed by atoms with Crippen LogP contribution in [0.3, 0.4) is 0 Å². The van der Waals surface area contributed by atoms with Gasteiger partial charge in [-0.1, -0.05) is 72.3 Å². The van der Waals surface area contributed by atoms with Crippen molar-refractivity contribution in [3.05, 3.63) is 94.5 Å². The van der Waals surface area contributed by atoms with Crippen LogP contribution in [0.15, 0.2) is 72.8 Å². The van der Waals surface area contributed by atoms with E-state index in [1.165, 1.54) is 0 Å². The van der Waals surface area contributed by atoms with Gasteiger partial charge in [-0.05, 0) is 79.1 Å². The van der Waals surface area contributed by atoms with Crippen LogP contribution >= 0.6 is 11.6 Å². The van der Waals surface area contributed by atoms with E-state index in [0.29, 0.717) is 11.4 Å². The molecule has 3 aromatic rings. The highest BCUT2D eigenvalue weighted by Crippen LogP contribution is 2.50. The van der Waals surface area contributed by atoms with Gasteiger partial charge in [-0.3, -0.25) is 9.59 Å². The molecule has 3 N–H and O–H groups in total. The molecule has 2 amide bonds. The summed E-state index contributed by atoms with van der Waals surface area (Å²) in [6, 6.07) is 23.6. The largest absolute Gasteiger partial charge is 0.350 e. The van der Waals surface area contributed by atoms with Gasteiger partial charge in [0.05, 0.1) is 5.41 Å². The molecule has 2 aliphatic rings. The number of amides is 2. The Morgan fingerprint density at radius 1 is 1.03 bits per heavy atom. The van der Waals surface area contributed by atoms with E-state index < -0.39 is 11.5 Å². The van der Waals surface area contributed by atoms with Crippen LogP contribution < -0.4 is 16.0 Å². The van der Waals surface area contributed by atoms with Crippen molar-refractivity contribution < 1.29 is 9.59 Å². The first-order valence-corrected chi connectivity index (χ1v) is 13.6. The number of hydrogen-bond donors (Lipinski definition) is 3. The number of hydrogen-bond acceptors (Lipinski definition) is 3. The van der Waals surface area contributed by atoms with Gasteiger partial charge in [0, 0.05) is 24.0 Å². The monoisotopic (exact) mass is 515 g/mol. The van der Waals surface area contributed by atoms with Crippen molar-refractivity contribution in [1.82, 2.24) is 16.0 Å². The van der Waals surface area contributed by atoms with Gasteiger partial charge in [0.15, 0.2) is 0 Å². The highest BCUT2D eigenvalue weighted by Gasteiger charge is 2.52. The van der Waals surface area contributed by atoms with E-state index in [1.807, 2.05) is 55.5 Å². The Bertz CT molecular complexity index is 1250. The van der Waals surface area contributed by atoms with Crippen molar-refractivity contribution in [2.45, 2.75) is 56.5 Å². The summed E-state index contributed by atoms with van der Waals surface area (Å²) in [5.74, 6) is -0.210. The molecule has 5 rings (SSSR count). The fraction of sp³-hybridized carbons (Fsp3) is 0.355. The molecule has 2 unspecified atom stereocenters. The summed E-state index contributed by atoms with van der Waals surface area (Å²) in [7, 11) is 0. The third kappa shape index (κ3) is 5.89. The molecule has 1 aliphatic heterocycles. The molecule has 2 fully saturated rings. The second kappa shape index (κ2) is 11.1. The summed E-state index contributed by atoms with van der Waals surface area (Å²) in [5.41, 5.74) is 4.70. The van der Waals surface area contributed by atoms with Gasteiger partial charge < -0.3 is 16.0 Å². The van der Waals surface area contributed by atoms with E-state index >= 15 is 0 Å². The normalized spacial score (nSPS) is 19.0. The summed E-state index contributed by atoms with van der Waals surface area (Å²) >= 11 is 6.17. The van der Waals surface area contributed by atoms with Gasteiger partial charge in [0.1, 0.15) is 6.04 Å². The lowest BCUT2D eigenvalue weighted by Gasteiger charge is -2.28. The van der Waals surface area contributed by atoms with Crippen molar-refractivity contribution >= 4 is 23.4 Å². The Balaban J connectivity index is 1.35. The number of halogens is 1. The highest BCUT2D eigenvalue weighted by molar-refractivity contribution is 6.30. The Morgan fingerprint density at radius 3 is 2.41 bits per heavy atom. The Hall–Kier alpha value is -3.15. The fourth-order valence-electron chi connectivity index (χ4n) is 5.39. The number of carbonyl (C=O) groups excluding carboxylic acids is 2. The van der Waals surface area contributed by atoms with Crippen LogP contribution in [-0.2, 0) is 21.4 Å². The smallest absolute Gasteiger partial charge is 0.243 e. The summed E-state index contributed by atoms with van der Waals surface area (Å²) < 4.78 is 0. The molecular weight excluding hydrogens is 482 g/mol. The van der Waals surface area contributed by atoms with E-state index in [-0.39, 0.29) is 17.9 Å². The molecule has 2 atom stereocenters. The van der Waals surface area contributed by atoms with Gasteiger partial charge in [-0.25, -0.2) is 0 Å². The van der Waals surface area contributed by atoms with E-state index in [9.17, 15) is 9.59 Å². The minimum Gasteiger partial charge on any atom is -0.350 e. The zero-order chi connectivity index (χ0) is 25.8. The maximum Gasteiger partial charge on any atom is 0.243 e. The topological polar surface area (TPSA) is 70.2 Å². The number of rotatable bonds is 8. The minimum atomic E-state index is -0.651. The standard InChI is InChI=1S/C31H34ClN3O2/c1-21-18-25(32)13-14-27(21)31(15-16-31)30(37)35-28(29(36)34-26-8-5-17-33-20-26)19-22-9-11-24(12-10-22)23-6-3-2-4-7-23/h2-4,6-7,9-14,18,26,28,33H,5,8,15-17,19-20H2,1H3,(H,34,36)(H,35,37). The molecule has 0 bridgehead atoms. The highest BCUT2D eigenvalue weighted by atomic mass is 35.5. The first-order chi connectivity index (χ1) is 17.9. The lowest BCUT2D eigenvalue weighted by Crippen LogP contribution is -2.55. The molecule has 5 nitrogen and oxygen atoms in total. The van der Waals surface area contributed by atoms with Crippen LogP contribution in [0.1, 0.15) is 42.4 Å². The molecule has 6 heteroatoms. The van der Waals surface area contributed by atoms with Crippen molar-refractivity contribution in [3.63, 3.8) is 0 Å². The Labute approximate surface area is 224 Å². The molecule has 192 valence electrons. The van der Waals surface area contributed by atoms with Crippen LogP contribution in [0.25, 0.3) is 11.1 Å². The molecule has 1 aliphatic carbocycles. The Morgan fingerprint density at radius 2 is 1.76 bits per heavy atom.